The highest BCUT2D eigenvalue weighted by Gasteiger charge is 2.27. The zero-order chi connectivity index (χ0) is 16.0. The Balaban J connectivity index is 1.94. The Bertz CT molecular complexity index is 511. The molecule has 0 bridgehead atoms. The predicted octanol–water partition coefficient (Wildman–Crippen LogP) is 1.75. The SMILES string of the molecule is COc1ccc(OC)c(CC(=O)NCC2(C)CCNCC2)c1. The molecule has 0 aromatic heterocycles. The van der Waals surface area contributed by atoms with Crippen molar-refractivity contribution >= 4 is 5.91 Å². The van der Waals surface area contributed by atoms with E-state index < -0.39 is 0 Å². The van der Waals surface area contributed by atoms with Crippen LogP contribution in [0.15, 0.2) is 18.2 Å². The van der Waals surface area contributed by atoms with Crippen LogP contribution in [-0.2, 0) is 11.2 Å². The van der Waals surface area contributed by atoms with E-state index in [9.17, 15) is 4.79 Å². The molecule has 5 nitrogen and oxygen atoms in total. The quantitative estimate of drug-likeness (QED) is 0.841. The van der Waals surface area contributed by atoms with Gasteiger partial charge in [0.2, 0.25) is 5.91 Å². The van der Waals surface area contributed by atoms with Gasteiger partial charge in [-0.15, -0.1) is 0 Å². The Morgan fingerprint density at radius 2 is 2.00 bits per heavy atom. The third-order valence-corrected chi connectivity index (χ3v) is 4.36. The minimum absolute atomic E-state index is 0.0197. The Morgan fingerprint density at radius 1 is 1.27 bits per heavy atom. The molecule has 1 aromatic carbocycles. The summed E-state index contributed by atoms with van der Waals surface area (Å²) in [5.74, 6) is 1.46. The van der Waals surface area contributed by atoms with Gasteiger partial charge in [-0.05, 0) is 49.5 Å². The monoisotopic (exact) mass is 306 g/mol. The fourth-order valence-corrected chi connectivity index (χ4v) is 2.77. The first-order valence-electron chi connectivity index (χ1n) is 7.75. The molecule has 0 saturated carbocycles. The molecule has 0 radical (unpaired) electrons. The summed E-state index contributed by atoms with van der Waals surface area (Å²) in [6.07, 6.45) is 2.49. The molecule has 1 amide bonds. The van der Waals surface area contributed by atoms with Gasteiger partial charge in [-0.2, -0.15) is 0 Å². The van der Waals surface area contributed by atoms with Crippen LogP contribution in [0.4, 0.5) is 0 Å². The largest absolute Gasteiger partial charge is 0.497 e. The number of hydrogen-bond donors (Lipinski definition) is 2. The van der Waals surface area contributed by atoms with Crippen LogP contribution in [-0.4, -0.2) is 39.8 Å². The number of rotatable bonds is 6. The molecule has 1 aliphatic heterocycles. The lowest BCUT2D eigenvalue weighted by atomic mass is 9.81. The van der Waals surface area contributed by atoms with Crippen molar-refractivity contribution in [2.24, 2.45) is 5.41 Å². The molecule has 1 saturated heterocycles. The second-order valence-electron chi connectivity index (χ2n) is 6.19. The lowest BCUT2D eigenvalue weighted by molar-refractivity contribution is -0.121. The van der Waals surface area contributed by atoms with Crippen molar-refractivity contribution in [3.05, 3.63) is 23.8 Å². The number of benzene rings is 1. The van der Waals surface area contributed by atoms with Crippen molar-refractivity contribution in [1.29, 1.82) is 0 Å². The number of carbonyl (C=O) groups excluding carboxylic acids is 1. The van der Waals surface area contributed by atoms with E-state index in [1.165, 1.54) is 0 Å². The first-order chi connectivity index (χ1) is 10.6. The zero-order valence-electron chi connectivity index (χ0n) is 13.7. The molecule has 0 atom stereocenters. The number of nitrogens with one attached hydrogen (secondary N) is 2. The first-order valence-corrected chi connectivity index (χ1v) is 7.75. The summed E-state index contributed by atoms with van der Waals surface area (Å²) in [5.41, 5.74) is 1.04. The number of piperidine rings is 1. The molecule has 0 unspecified atom stereocenters. The standard InChI is InChI=1S/C17H26N2O3/c1-17(6-8-18-9-7-17)12-19-16(20)11-13-10-14(21-2)4-5-15(13)22-3/h4-5,10,18H,6-9,11-12H2,1-3H3,(H,19,20). The molecule has 0 spiro atoms. The van der Waals surface area contributed by atoms with Crippen molar-refractivity contribution in [2.45, 2.75) is 26.2 Å². The molecular formula is C17H26N2O3. The third-order valence-electron chi connectivity index (χ3n) is 4.36. The average Bonchev–Trinajstić information content (AvgIpc) is 2.54. The maximum Gasteiger partial charge on any atom is 0.224 e. The van der Waals surface area contributed by atoms with E-state index in [4.69, 9.17) is 9.47 Å². The average molecular weight is 306 g/mol. The van der Waals surface area contributed by atoms with E-state index in [2.05, 4.69) is 17.6 Å². The molecule has 1 fully saturated rings. The summed E-state index contributed by atoms with van der Waals surface area (Å²) < 4.78 is 10.5. The first kappa shape index (κ1) is 16.6. The fraction of sp³-hybridized carbons (Fsp3) is 0.588. The molecule has 1 aliphatic rings. The fourth-order valence-electron chi connectivity index (χ4n) is 2.77. The highest BCUT2D eigenvalue weighted by molar-refractivity contribution is 5.79. The molecule has 22 heavy (non-hydrogen) atoms. The highest BCUT2D eigenvalue weighted by Crippen LogP contribution is 2.27. The maximum absolute atomic E-state index is 12.2. The van der Waals surface area contributed by atoms with E-state index >= 15 is 0 Å². The lowest BCUT2D eigenvalue weighted by Gasteiger charge is -2.34. The smallest absolute Gasteiger partial charge is 0.224 e. The lowest BCUT2D eigenvalue weighted by Crippen LogP contribution is -2.43. The van der Waals surface area contributed by atoms with Crippen molar-refractivity contribution in [3.8, 4) is 11.5 Å². The van der Waals surface area contributed by atoms with Crippen molar-refractivity contribution in [2.75, 3.05) is 33.9 Å². The summed E-state index contributed by atoms with van der Waals surface area (Å²) in [6, 6.07) is 5.51. The highest BCUT2D eigenvalue weighted by atomic mass is 16.5. The Hall–Kier alpha value is -1.75. The number of carbonyl (C=O) groups is 1. The molecule has 5 heteroatoms. The number of hydrogen-bond acceptors (Lipinski definition) is 4. The van der Waals surface area contributed by atoms with Gasteiger partial charge in [-0.1, -0.05) is 6.92 Å². The number of ether oxygens (including phenoxy) is 2. The normalized spacial score (nSPS) is 16.9. The van der Waals surface area contributed by atoms with Crippen molar-refractivity contribution < 1.29 is 14.3 Å². The van der Waals surface area contributed by atoms with Gasteiger partial charge in [-0.25, -0.2) is 0 Å². The van der Waals surface area contributed by atoms with Gasteiger partial charge in [0.1, 0.15) is 11.5 Å². The van der Waals surface area contributed by atoms with Crippen molar-refractivity contribution in [1.82, 2.24) is 10.6 Å². The van der Waals surface area contributed by atoms with Crippen molar-refractivity contribution in [3.63, 3.8) is 0 Å². The summed E-state index contributed by atoms with van der Waals surface area (Å²) in [6.45, 7) is 5.01. The van der Waals surface area contributed by atoms with Gasteiger partial charge in [0.05, 0.1) is 20.6 Å². The van der Waals surface area contributed by atoms with Gasteiger partial charge in [-0.3, -0.25) is 4.79 Å². The van der Waals surface area contributed by atoms with Crippen LogP contribution in [0.3, 0.4) is 0 Å². The molecule has 1 heterocycles. The van der Waals surface area contributed by atoms with Crippen LogP contribution >= 0.6 is 0 Å². The second-order valence-corrected chi connectivity index (χ2v) is 6.19. The Labute approximate surface area is 132 Å². The van der Waals surface area contributed by atoms with E-state index in [1.54, 1.807) is 14.2 Å². The zero-order valence-corrected chi connectivity index (χ0v) is 13.7. The van der Waals surface area contributed by atoms with Crippen LogP contribution in [0.5, 0.6) is 11.5 Å². The molecule has 2 rings (SSSR count). The molecule has 1 aromatic rings. The minimum atomic E-state index is 0.0197. The maximum atomic E-state index is 12.2. The number of amides is 1. The summed E-state index contributed by atoms with van der Waals surface area (Å²) in [5, 5.41) is 6.42. The van der Waals surface area contributed by atoms with Crippen LogP contribution in [0.25, 0.3) is 0 Å². The van der Waals surface area contributed by atoms with Crippen LogP contribution in [0, 0.1) is 5.41 Å². The third kappa shape index (κ3) is 4.37. The summed E-state index contributed by atoms with van der Waals surface area (Å²) >= 11 is 0. The van der Waals surface area contributed by atoms with Gasteiger partial charge in [0.25, 0.3) is 0 Å². The summed E-state index contributed by atoms with van der Waals surface area (Å²) in [7, 11) is 3.23. The minimum Gasteiger partial charge on any atom is -0.497 e. The van der Waals surface area contributed by atoms with Crippen LogP contribution in [0.2, 0.25) is 0 Å². The predicted molar refractivity (Wildman–Crippen MR) is 86.5 cm³/mol. The van der Waals surface area contributed by atoms with Crippen LogP contribution in [0.1, 0.15) is 25.3 Å². The second kappa shape index (κ2) is 7.49. The summed E-state index contributed by atoms with van der Waals surface area (Å²) in [4.78, 5) is 12.2. The van der Waals surface area contributed by atoms with E-state index in [-0.39, 0.29) is 11.3 Å². The van der Waals surface area contributed by atoms with E-state index in [0.29, 0.717) is 12.2 Å². The Morgan fingerprint density at radius 3 is 2.64 bits per heavy atom. The molecule has 122 valence electrons. The molecular weight excluding hydrogens is 280 g/mol. The topological polar surface area (TPSA) is 59.6 Å². The van der Waals surface area contributed by atoms with E-state index in [0.717, 1.165) is 43.8 Å². The van der Waals surface area contributed by atoms with Gasteiger partial charge in [0.15, 0.2) is 0 Å². The van der Waals surface area contributed by atoms with E-state index in [1.807, 2.05) is 18.2 Å². The molecule has 2 N–H and O–H groups in total. The number of methoxy groups -OCH3 is 2. The van der Waals surface area contributed by atoms with Crippen LogP contribution < -0.4 is 20.1 Å². The van der Waals surface area contributed by atoms with Gasteiger partial charge in [0, 0.05) is 12.1 Å². The molecule has 0 aliphatic carbocycles. The van der Waals surface area contributed by atoms with Gasteiger partial charge >= 0.3 is 0 Å². The van der Waals surface area contributed by atoms with Gasteiger partial charge < -0.3 is 20.1 Å². The Kier molecular flexibility index (Phi) is 5.66.